The van der Waals surface area contributed by atoms with Gasteiger partial charge in [-0.15, -0.1) is 0 Å². The van der Waals surface area contributed by atoms with Crippen LogP contribution in [0.25, 0.3) is 0 Å². The number of rotatable bonds is 5. The van der Waals surface area contributed by atoms with Crippen molar-refractivity contribution in [3.63, 3.8) is 0 Å². The van der Waals surface area contributed by atoms with Crippen LogP contribution in [0.3, 0.4) is 0 Å². The molecule has 2 fully saturated rings. The Kier molecular flexibility index (Phi) is 5.06. The van der Waals surface area contributed by atoms with E-state index < -0.39 is 0 Å². The fraction of sp³-hybridized carbons (Fsp3) is 0.611. The van der Waals surface area contributed by atoms with Crippen LogP contribution in [0.2, 0.25) is 0 Å². The smallest absolute Gasteiger partial charge is 0.319 e. The predicted molar refractivity (Wildman–Crippen MR) is 90.0 cm³/mol. The van der Waals surface area contributed by atoms with E-state index in [0.29, 0.717) is 18.6 Å². The van der Waals surface area contributed by atoms with Gasteiger partial charge in [-0.25, -0.2) is 4.79 Å². The highest BCUT2D eigenvalue weighted by atomic mass is 16.5. The SMILES string of the molecule is CCOc1cc(NC(=O)NC2CCOC(C3CC3)C2)ccc1C. The molecule has 0 aromatic heterocycles. The second kappa shape index (κ2) is 7.21. The lowest BCUT2D eigenvalue weighted by Crippen LogP contribution is -2.44. The summed E-state index contributed by atoms with van der Waals surface area (Å²) in [6.45, 7) is 5.30. The Balaban J connectivity index is 1.53. The highest BCUT2D eigenvalue weighted by Crippen LogP contribution is 2.38. The molecule has 1 aliphatic carbocycles. The van der Waals surface area contributed by atoms with Gasteiger partial charge in [0, 0.05) is 24.4 Å². The van der Waals surface area contributed by atoms with Crippen molar-refractivity contribution in [2.24, 2.45) is 5.92 Å². The van der Waals surface area contributed by atoms with Crippen molar-refractivity contribution in [2.45, 2.75) is 51.7 Å². The molecule has 0 spiro atoms. The van der Waals surface area contributed by atoms with Crippen molar-refractivity contribution in [3.05, 3.63) is 23.8 Å². The summed E-state index contributed by atoms with van der Waals surface area (Å²) in [6.07, 6.45) is 4.68. The Morgan fingerprint density at radius 1 is 1.35 bits per heavy atom. The van der Waals surface area contributed by atoms with Gasteiger partial charge in [0.05, 0.1) is 12.7 Å². The third-order valence-corrected chi connectivity index (χ3v) is 4.54. The van der Waals surface area contributed by atoms with Gasteiger partial charge in [-0.3, -0.25) is 0 Å². The minimum absolute atomic E-state index is 0.155. The quantitative estimate of drug-likeness (QED) is 0.874. The highest BCUT2D eigenvalue weighted by molar-refractivity contribution is 5.89. The molecule has 2 amide bonds. The van der Waals surface area contributed by atoms with Gasteiger partial charge in [-0.1, -0.05) is 6.07 Å². The molecule has 1 saturated carbocycles. The molecule has 126 valence electrons. The lowest BCUT2D eigenvalue weighted by atomic mass is 10.0. The van der Waals surface area contributed by atoms with Crippen LogP contribution in [-0.2, 0) is 4.74 Å². The van der Waals surface area contributed by atoms with Crippen molar-refractivity contribution in [2.75, 3.05) is 18.5 Å². The molecule has 1 saturated heterocycles. The number of carbonyl (C=O) groups excluding carboxylic acids is 1. The van der Waals surface area contributed by atoms with Crippen molar-refractivity contribution in [3.8, 4) is 5.75 Å². The summed E-state index contributed by atoms with van der Waals surface area (Å²) < 4.78 is 11.4. The van der Waals surface area contributed by atoms with E-state index in [9.17, 15) is 4.79 Å². The summed E-state index contributed by atoms with van der Waals surface area (Å²) in [7, 11) is 0. The molecule has 1 aromatic rings. The standard InChI is InChI=1S/C18H26N2O3/c1-3-22-16-10-14(7-4-12(16)2)19-18(21)20-15-8-9-23-17(11-15)13-5-6-13/h4,7,10,13,15,17H,3,5-6,8-9,11H2,1-2H3,(H2,19,20,21). The van der Waals surface area contributed by atoms with Crippen LogP contribution in [0.15, 0.2) is 18.2 Å². The highest BCUT2D eigenvalue weighted by Gasteiger charge is 2.36. The minimum atomic E-state index is -0.155. The maximum atomic E-state index is 12.2. The fourth-order valence-electron chi connectivity index (χ4n) is 3.10. The number of nitrogens with one attached hydrogen (secondary N) is 2. The van der Waals surface area contributed by atoms with Gasteiger partial charge in [0.1, 0.15) is 5.75 Å². The van der Waals surface area contributed by atoms with Crippen LogP contribution in [-0.4, -0.2) is 31.4 Å². The topological polar surface area (TPSA) is 59.6 Å². The molecule has 1 heterocycles. The van der Waals surface area contributed by atoms with E-state index in [1.54, 1.807) is 0 Å². The van der Waals surface area contributed by atoms with E-state index in [4.69, 9.17) is 9.47 Å². The Labute approximate surface area is 137 Å². The third-order valence-electron chi connectivity index (χ3n) is 4.54. The predicted octanol–water partition coefficient (Wildman–Crippen LogP) is 3.47. The second-order valence-corrected chi connectivity index (χ2v) is 6.48. The van der Waals surface area contributed by atoms with Gasteiger partial charge in [0.25, 0.3) is 0 Å². The molecular formula is C18H26N2O3. The largest absolute Gasteiger partial charge is 0.494 e. The van der Waals surface area contributed by atoms with Crippen LogP contribution < -0.4 is 15.4 Å². The van der Waals surface area contributed by atoms with Gasteiger partial charge in [0.2, 0.25) is 0 Å². The van der Waals surface area contributed by atoms with Crippen molar-refractivity contribution < 1.29 is 14.3 Å². The molecule has 0 radical (unpaired) electrons. The van der Waals surface area contributed by atoms with E-state index in [-0.39, 0.29) is 12.1 Å². The van der Waals surface area contributed by atoms with E-state index >= 15 is 0 Å². The minimum Gasteiger partial charge on any atom is -0.494 e. The van der Waals surface area contributed by atoms with E-state index in [1.165, 1.54) is 12.8 Å². The van der Waals surface area contributed by atoms with Gasteiger partial charge in [-0.2, -0.15) is 0 Å². The molecule has 2 atom stereocenters. The first-order valence-corrected chi connectivity index (χ1v) is 8.58. The summed E-state index contributed by atoms with van der Waals surface area (Å²) in [5.41, 5.74) is 1.82. The zero-order chi connectivity index (χ0) is 16.2. The molecule has 23 heavy (non-hydrogen) atoms. The van der Waals surface area contributed by atoms with E-state index in [1.807, 2.05) is 32.0 Å². The fourth-order valence-corrected chi connectivity index (χ4v) is 3.10. The van der Waals surface area contributed by atoms with Crippen molar-refractivity contribution >= 4 is 11.7 Å². The Bertz CT molecular complexity index is 557. The number of carbonyl (C=O) groups is 1. The first-order chi connectivity index (χ1) is 11.2. The first kappa shape index (κ1) is 16.1. The molecule has 5 nitrogen and oxygen atoms in total. The summed E-state index contributed by atoms with van der Waals surface area (Å²) >= 11 is 0. The molecule has 2 unspecified atom stereocenters. The van der Waals surface area contributed by atoms with E-state index in [0.717, 1.165) is 36.4 Å². The average Bonchev–Trinajstić information content (AvgIpc) is 3.36. The Hall–Kier alpha value is -1.75. The van der Waals surface area contributed by atoms with Gasteiger partial charge >= 0.3 is 6.03 Å². The van der Waals surface area contributed by atoms with Crippen LogP contribution in [0.4, 0.5) is 10.5 Å². The monoisotopic (exact) mass is 318 g/mol. The lowest BCUT2D eigenvalue weighted by Gasteiger charge is -2.30. The Morgan fingerprint density at radius 3 is 2.91 bits per heavy atom. The number of urea groups is 1. The summed E-state index contributed by atoms with van der Waals surface area (Å²) in [4.78, 5) is 12.2. The van der Waals surface area contributed by atoms with E-state index in [2.05, 4.69) is 10.6 Å². The number of aryl methyl sites for hydroxylation is 1. The van der Waals surface area contributed by atoms with Crippen LogP contribution >= 0.6 is 0 Å². The molecule has 1 aliphatic heterocycles. The van der Waals surface area contributed by atoms with Crippen LogP contribution in [0.5, 0.6) is 5.75 Å². The van der Waals surface area contributed by atoms with Crippen molar-refractivity contribution in [1.29, 1.82) is 0 Å². The summed E-state index contributed by atoms with van der Waals surface area (Å²) in [5, 5.41) is 5.98. The average molecular weight is 318 g/mol. The molecule has 2 aliphatic rings. The molecule has 2 N–H and O–H groups in total. The second-order valence-electron chi connectivity index (χ2n) is 6.48. The lowest BCUT2D eigenvalue weighted by molar-refractivity contribution is -0.00889. The summed E-state index contributed by atoms with van der Waals surface area (Å²) in [6, 6.07) is 5.77. The number of amides is 2. The molecular weight excluding hydrogens is 292 g/mol. The Morgan fingerprint density at radius 2 is 2.17 bits per heavy atom. The van der Waals surface area contributed by atoms with Crippen molar-refractivity contribution in [1.82, 2.24) is 5.32 Å². The van der Waals surface area contributed by atoms with Gasteiger partial charge in [-0.05, 0) is 57.1 Å². The number of benzene rings is 1. The van der Waals surface area contributed by atoms with Crippen LogP contribution in [0.1, 0.15) is 38.2 Å². The van der Waals surface area contributed by atoms with Crippen LogP contribution in [0, 0.1) is 12.8 Å². The van der Waals surface area contributed by atoms with Gasteiger partial charge in [0.15, 0.2) is 0 Å². The zero-order valence-corrected chi connectivity index (χ0v) is 13.9. The number of hydrogen-bond acceptors (Lipinski definition) is 3. The maximum Gasteiger partial charge on any atom is 0.319 e. The number of ether oxygens (including phenoxy) is 2. The maximum absolute atomic E-state index is 12.2. The molecule has 1 aromatic carbocycles. The zero-order valence-electron chi connectivity index (χ0n) is 13.9. The number of hydrogen-bond donors (Lipinski definition) is 2. The normalized spacial score (nSPS) is 24.1. The molecule has 3 rings (SSSR count). The number of anilines is 1. The third kappa shape index (κ3) is 4.38. The van der Waals surface area contributed by atoms with Gasteiger partial charge < -0.3 is 20.1 Å². The molecule has 0 bridgehead atoms. The first-order valence-electron chi connectivity index (χ1n) is 8.58. The molecule has 5 heteroatoms. The summed E-state index contributed by atoms with van der Waals surface area (Å²) in [5.74, 6) is 1.53.